The molecule has 2 fully saturated rings. The van der Waals surface area contributed by atoms with Crippen LogP contribution in [0.15, 0.2) is 0 Å². The lowest BCUT2D eigenvalue weighted by Crippen LogP contribution is -2.31. The van der Waals surface area contributed by atoms with E-state index in [1.807, 2.05) is 0 Å². The van der Waals surface area contributed by atoms with Gasteiger partial charge in [0.15, 0.2) is 0 Å². The quantitative estimate of drug-likeness (QED) is 0.550. The average Bonchev–Trinajstić information content (AvgIpc) is 2.43. The Morgan fingerprint density at radius 2 is 1.70 bits per heavy atom. The maximum Gasteiger partial charge on any atom is -0.0355 e. The van der Waals surface area contributed by atoms with Crippen molar-refractivity contribution in [2.75, 3.05) is 0 Å². The van der Waals surface area contributed by atoms with E-state index in [4.69, 9.17) is 0 Å². The third-order valence-electron chi connectivity index (χ3n) is 3.47. The highest BCUT2D eigenvalue weighted by molar-refractivity contribution is 4.92. The molecule has 10 heavy (non-hydrogen) atoms. The predicted molar refractivity (Wildman–Crippen MR) is 43.8 cm³/mol. The van der Waals surface area contributed by atoms with Gasteiger partial charge in [-0.1, -0.05) is 13.8 Å². The van der Waals surface area contributed by atoms with E-state index in [-0.39, 0.29) is 0 Å². The Morgan fingerprint density at radius 3 is 2.00 bits per heavy atom. The minimum Gasteiger partial charge on any atom is -0.0625 e. The van der Waals surface area contributed by atoms with Gasteiger partial charge in [-0.25, -0.2) is 0 Å². The summed E-state index contributed by atoms with van der Waals surface area (Å²) >= 11 is 0. The zero-order valence-electron chi connectivity index (χ0n) is 7.14. The van der Waals surface area contributed by atoms with Crippen molar-refractivity contribution < 1.29 is 0 Å². The third kappa shape index (κ3) is 0.980. The first-order valence-electron chi connectivity index (χ1n) is 4.79. The second-order valence-corrected chi connectivity index (χ2v) is 4.49. The van der Waals surface area contributed by atoms with Crippen molar-refractivity contribution in [3.8, 4) is 0 Å². The summed E-state index contributed by atoms with van der Waals surface area (Å²) in [7, 11) is 0. The monoisotopic (exact) mass is 138 g/mol. The summed E-state index contributed by atoms with van der Waals surface area (Å²) in [6.45, 7) is 4.78. The molecule has 2 aliphatic rings. The molecule has 0 nitrogen and oxygen atoms in total. The summed E-state index contributed by atoms with van der Waals surface area (Å²) in [5.74, 6) is 4.38. The van der Waals surface area contributed by atoms with Gasteiger partial charge in [0.1, 0.15) is 0 Å². The summed E-state index contributed by atoms with van der Waals surface area (Å²) in [4.78, 5) is 0. The molecule has 1 unspecified atom stereocenters. The van der Waals surface area contributed by atoms with E-state index in [0.29, 0.717) is 0 Å². The predicted octanol–water partition coefficient (Wildman–Crippen LogP) is 3.08. The normalized spacial score (nSPS) is 39.9. The van der Waals surface area contributed by atoms with E-state index < -0.39 is 0 Å². The van der Waals surface area contributed by atoms with Gasteiger partial charge in [0.2, 0.25) is 0 Å². The average molecular weight is 138 g/mol. The van der Waals surface area contributed by atoms with Crippen molar-refractivity contribution in [3.05, 3.63) is 0 Å². The van der Waals surface area contributed by atoms with Gasteiger partial charge in [-0.05, 0) is 49.4 Å². The molecule has 0 spiro atoms. The molecule has 2 atom stereocenters. The van der Waals surface area contributed by atoms with Gasteiger partial charge in [-0.3, -0.25) is 0 Å². The van der Waals surface area contributed by atoms with Crippen molar-refractivity contribution >= 4 is 0 Å². The molecule has 58 valence electrons. The number of hydrogen-bond acceptors (Lipinski definition) is 0. The van der Waals surface area contributed by atoms with Crippen LogP contribution in [0.25, 0.3) is 0 Å². The van der Waals surface area contributed by atoms with Gasteiger partial charge in [0.25, 0.3) is 0 Å². The van der Waals surface area contributed by atoms with Crippen LogP contribution in [-0.2, 0) is 0 Å². The van der Waals surface area contributed by atoms with Crippen LogP contribution in [0.1, 0.15) is 39.5 Å². The van der Waals surface area contributed by atoms with E-state index in [1.54, 1.807) is 19.3 Å². The van der Waals surface area contributed by atoms with E-state index in [2.05, 4.69) is 13.8 Å². The molecule has 0 heteroatoms. The van der Waals surface area contributed by atoms with Crippen LogP contribution in [0.5, 0.6) is 0 Å². The Hall–Kier alpha value is 0. The Bertz CT molecular complexity index is 114. The SMILES string of the molecule is CC(C)C1CC[C@H]1C1CC1. The largest absolute Gasteiger partial charge is 0.0625 e. The molecule has 2 saturated carbocycles. The number of hydrogen-bond donors (Lipinski definition) is 0. The zero-order valence-corrected chi connectivity index (χ0v) is 7.14. The molecule has 0 amide bonds. The second kappa shape index (κ2) is 2.25. The van der Waals surface area contributed by atoms with Crippen LogP contribution in [-0.4, -0.2) is 0 Å². The highest BCUT2D eigenvalue weighted by Gasteiger charge is 2.42. The summed E-state index contributed by atoms with van der Waals surface area (Å²) in [6.07, 6.45) is 6.17. The van der Waals surface area contributed by atoms with Gasteiger partial charge >= 0.3 is 0 Å². The molecule has 0 N–H and O–H groups in total. The Kier molecular flexibility index (Phi) is 1.51. The first-order valence-corrected chi connectivity index (χ1v) is 4.79. The van der Waals surface area contributed by atoms with Crippen LogP contribution in [0.4, 0.5) is 0 Å². The van der Waals surface area contributed by atoms with Crippen molar-refractivity contribution in [2.45, 2.75) is 39.5 Å². The fourth-order valence-electron chi connectivity index (χ4n) is 2.49. The lowest BCUT2D eigenvalue weighted by atomic mass is 9.66. The molecular weight excluding hydrogens is 120 g/mol. The Balaban J connectivity index is 1.86. The molecule has 2 aliphatic carbocycles. The summed E-state index contributed by atoms with van der Waals surface area (Å²) in [5.41, 5.74) is 0. The van der Waals surface area contributed by atoms with Crippen molar-refractivity contribution in [2.24, 2.45) is 23.7 Å². The second-order valence-electron chi connectivity index (χ2n) is 4.49. The lowest BCUT2D eigenvalue weighted by molar-refractivity contribution is 0.101. The van der Waals surface area contributed by atoms with Gasteiger partial charge in [0.05, 0.1) is 0 Å². The minimum absolute atomic E-state index is 0.958. The van der Waals surface area contributed by atoms with Crippen molar-refractivity contribution in [3.63, 3.8) is 0 Å². The molecule has 0 aromatic rings. The highest BCUT2D eigenvalue weighted by atomic mass is 14.5. The standard InChI is InChI=1S/C10H18/c1-7(2)9-5-6-10(9)8-3-4-8/h7-10H,3-6H2,1-2H3/t9?,10-/m0/s1. The molecule has 0 saturated heterocycles. The van der Waals surface area contributed by atoms with Crippen LogP contribution >= 0.6 is 0 Å². The van der Waals surface area contributed by atoms with Crippen LogP contribution in [0, 0.1) is 23.7 Å². The smallest absolute Gasteiger partial charge is 0.0355 e. The summed E-state index contributed by atoms with van der Waals surface area (Å²) in [5, 5.41) is 0. The molecule has 2 rings (SSSR count). The maximum absolute atomic E-state index is 2.39. The maximum atomic E-state index is 2.39. The summed E-state index contributed by atoms with van der Waals surface area (Å²) in [6, 6.07) is 0. The lowest BCUT2D eigenvalue weighted by Gasteiger charge is -2.40. The van der Waals surface area contributed by atoms with Gasteiger partial charge < -0.3 is 0 Å². The van der Waals surface area contributed by atoms with E-state index >= 15 is 0 Å². The van der Waals surface area contributed by atoms with Crippen LogP contribution < -0.4 is 0 Å². The molecule has 0 heterocycles. The van der Waals surface area contributed by atoms with Crippen molar-refractivity contribution in [1.29, 1.82) is 0 Å². The number of rotatable bonds is 2. The van der Waals surface area contributed by atoms with Crippen LogP contribution in [0.3, 0.4) is 0 Å². The van der Waals surface area contributed by atoms with Gasteiger partial charge in [0, 0.05) is 0 Å². The molecule has 0 radical (unpaired) electrons. The highest BCUT2D eigenvalue weighted by Crippen LogP contribution is 2.52. The Labute approximate surface area is 64.0 Å². The first-order chi connectivity index (χ1) is 4.79. The minimum atomic E-state index is 0.958. The molecular formula is C10H18. The third-order valence-corrected chi connectivity index (χ3v) is 3.47. The molecule has 0 bridgehead atoms. The molecule has 0 aromatic heterocycles. The van der Waals surface area contributed by atoms with Crippen LogP contribution in [0.2, 0.25) is 0 Å². The van der Waals surface area contributed by atoms with E-state index in [9.17, 15) is 0 Å². The van der Waals surface area contributed by atoms with E-state index in [0.717, 1.165) is 17.8 Å². The van der Waals surface area contributed by atoms with Crippen molar-refractivity contribution in [1.82, 2.24) is 0 Å². The zero-order chi connectivity index (χ0) is 7.14. The Morgan fingerprint density at radius 1 is 1.00 bits per heavy atom. The molecule has 0 aliphatic heterocycles. The fraction of sp³-hybridized carbons (Fsp3) is 1.00. The van der Waals surface area contributed by atoms with Gasteiger partial charge in [-0.15, -0.1) is 0 Å². The van der Waals surface area contributed by atoms with E-state index in [1.165, 1.54) is 12.3 Å². The topological polar surface area (TPSA) is 0 Å². The summed E-state index contributed by atoms with van der Waals surface area (Å²) < 4.78 is 0. The first kappa shape index (κ1) is 6.69. The fourth-order valence-corrected chi connectivity index (χ4v) is 2.49. The van der Waals surface area contributed by atoms with Gasteiger partial charge in [-0.2, -0.15) is 0 Å². The molecule has 0 aromatic carbocycles.